The van der Waals surface area contributed by atoms with E-state index in [1.54, 1.807) is 11.7 Å². The number of hydrogen-bond acceptors (Lipinski definition) is 4. The van der Waals surface area contributed by atoms with Gasteiger partial charge in [-0.25, -0.2) is 4.79 Å². The second-order valence-corrected chi connectivity index (χ2v) is 6.88. The van der Waals surface area contributed by atoms with Gasteiger partial charge in [0.1, 0.15) is 5.52 Å². The summed E-state index contributed by atoms with van der Waals surface area (Å²) in [4.78, 5) is 29.4. The topological polar surface area (TPSA) is 67.3 Å². The van der Waals surface area contributed by atoms with Crippen molar-refractivity contribution in [1.82, 2.24) is 9.55 Å². The molecule has 1 aromatic heterocycles. The van der Waals surface area contributed by atoms with Gasteiger partial charge in [0.2, 0.25) is 0 Å². The molecule has 1 unspecified atom stereocenters. The average molecular weight is 329 g/mol. The molecule has 1 aromatic carbocycles. The van der Waals surface area contributed by atoms with Crippen LogP contribution in [0.5, 0.6) is 5.75 Å². The Morgan fingerprint density at radius 2 is 2.04 bits per heavy atom. The highest BCUT2D eigenvalue weighted by Crippen LogP contribution is 2.42. The van der Waals surface area contributed by atoms with Crippen LogP contribution < -0.4 is 20.9 Å². The van der Waals surface area contributed by atoms with Crippen LogP contribution in [0.2, 0.25) is 0 Å². The van der Waals surface area contributed by atoms with E-state index >= 15 is 0 Å². The average Bonchev–Trinajstić information content (AvgIpc) is 3.29. The van der Waals surface area contributed by atoms with Gasteiger partial charge in [-0.15, -0.1) is 0 Å². The van der Waals surface area contributed by atoms with E-state index in [-0.39, 0.29) is 17.3 Å². The van der Waals surface area contributed by atoms with Crippen LogP contribution in [0.25, 0.3) is 10.9 Å². The highest BCUT2D eigenvalue weighted by atomic mass is 16.5. The van der Waals surface area contributed by atoms with Crippen LogP contribution >= 0.6 is 0 Å². The first-order valence-corrected chi connectivity index (χ1v) is 8.74. The number of hydrogen-bond donors (Lipinski definition) is 1. The number of ether oxygens (including phenoxy) is 1. The zero-order chi connectivity index (χ0) is 16.8. The second kappa shape index (κ2) is 5.69. The monoisotopic (exact) mass is 329 g/mol. The lowest BCUT2D eigenvalue weighted by Gasteiger charge is -2.23. The van der Waals surface area contributed by atoms with Crippen LogP contribution in [-0.2, 0) is 0 Å². The number of nitrogens with one attached hydrogen (secondary N) is 1. The smallest absolute Gasteiger partial charge is 0.329 e. The molecule has 1 N–H and O–H groups in total. The van der Waals surface area contributed by atoms with Gasteiger partial charge in [0.25, 0.3) is 5.56 Å². The molecule has 2 fully saturated rings. The van der Waals surface area contributed by atoms with E-state index in [9.17, 15) is 9.59 Å². The number of nitrogens with zero attached hydrogens (tertiary/aromatic N) is 2. The van der Waals surface area contributed by atoms with Crippen molar-refractivity contribution < 1.29 is 4.74 Å². The summed E-state index contributed by atoms with van der Waals surface area (Å²) in [6, 6.07) is 3.95. The summed E-state index contributed by atoms with van der Waals surface area (Å²) < 4.78 is 7.43. The van der Waals surface area contributed by atoms with Gasteiger partial charge in [0.05, 0.1) is 18.2 Å². The molecule has 1 saturated carbocycles. The number of anilines is 1. The first-order valence-electron chi connectivity index (χ1n) is 8.74. The van der Waals surface area contributed by atoms with Crippen molar-refractivity contribution in [2.45, 2.75) is 38.6 Å². The lowest BCUT2D eigenvalue weighted by Crippen LogP contribution is -2.30. The predicted octanol–water partition coefficient (Wildman–Crippen LogP) is 2.27. The third-order valence-corrected chi connectivity index (χ3v) is 5.36. The molecule has 1 aliphatic carbocycles. The molecule has 4 rings (SSSR count). The standard InChI is InChI=1S/C18H23N3O3/c1-3-11-8-9-20(10-11)14-7-6-13-15(16(14)24-2)21(12-4-5-12)18(23)19-17(13)22/h6-7,11-12H,3-5,8-10H2,1-2H3,(H,19,22,23). The van der Waals surface area contributed by atoms with Gasteiger partial charge in [0, 0.05) is 19.1 Å². The Morgan fingerprint density at radius 3 is 2.67 bits per heavy atom. The lowest BCUT2D eigenvalue weighted by atomic mass is 10.1. The largest absolute Gasteiger partial charge is 0.492 e. The van der Waals surface area contributed by atoms with E-state index in [4.69, 9.17) is 4.74 Å². The van der Waals surface area contributed by atoms with Crippen molar-refractivity contribution in [2.24, 2.45) is 5.92 Å². The molecule has 0 bridgehead atoms. The quantitative estimate of drug-likeness (QED) is 0.934. The number of H-pyrrole nitrogens is 1. The van der Waals surface area contributed by atoms with Gasteiger partial charge in [-0.05, 0) is 37.3 Å². The van der Waals surface area contributed by atoms with Crippen molar-refractivity contribution in [3.63, 3.8) is 0 Å². The molecule has 0 radical (unpaired) electrons. The maximum Gasteiger partial charge on any atom is 0.329 e. The summed E-state index contributed by atoms with van der Waals surface area (Å²) in [5, 5.41) is 0.522. The van der Waals surface area contributed by atoms with Gasteiger partial charge >= 0.3 is 5.69 Å². The summed E-state index contributed by atoms with van der Waals surface area (Å²) in [6.45, 7) is 4.20. The Labute approximate surface area is 140 Å². The molecule has 24 heavy (non-hydrogen) atoms. The number of rotatable bonds is 4. The van der Waals surface area contributed by atoms with Crippen LogP contribution in [0.4, 0.5) is 5.69 Å². The van der Waals surface area contributed by atoms with Crippen LogP contribution in [0.15, 0.2) is 21.7 Å². The van der Waals surface area contributed by atoms with Crippen LogP contribution in [0, 0.1) is 5.92 Å². The summed E-state index contributed by atoms with van der Waals surface area (Å²) in [7, 11) is 1.62. The first kappa shape index (κ1) is 15.3. The maximum atomic E-state index is 12.4. The zero-order valence-corrected chi connectivity index (χ0v) is 14.2. The van der Waals surface area contributed by atoms with Gasteiger partial charge in [-0.3, -0.25) is 14.3 Å². The Bertz CT molecular complexity index is 895. The Balaban J connectivity index is 1.95. The summed E-state index contributed by atoms with van der Waals surface area (Å²) in [5.74, 6) is 1.34. The highest BCUT2D eigenvalue weighted by Gasteiger charge is 2.30. The molecule has 1 aliphatic heterocycles. The number of fused-ring (bicyclic) bond motifs is 1. The Morgan fingerprint density at radius 1 is 1.25 bits per heavy atom. The normalized spacial score (nSPS) is 20.8. The summed E-state index contributed by atoms with van der Waals surface area (Å²) in [6.07, 6.45) is 4.27. The number of benzene rings is 1. The molecule has 2 aromatic rings. The van der Waals surface area contributed by atoms with Crippen molar-refractivity contribution in [1.29, 1.82) is 0 Å². The predicted molar refractivity (Wildman–Crippen MR) is 94.3 cm³/mol. The Hall–Kier alpha value is -2.24. The molecular formula is C18H23N3O3. The molecule has 0 amide bonds. The Kier molecular flexibility index (Phi) is 3.62. The van der Waals surface area contributed by atoms with Gasteiger partial charge < -0.3 is 9.64 Å². The number of aromatic amines is 1. The zero-order valence-electron chi connectivity index (χ0n) is 14.2. The molecule has 1 atom stereocenters. The van der Waals surface area contributed by atoms with Crippen molar-refractivity contribution in [3.8, 4) is 5.75 Å². The summed E-state index contributed by atoms with van der Waals surface area (Å²) >= 11 is 0. The molecular weight excluding hydrogens is 306 g/mol. The minimum absolute atomic E-state index is 0.169. The molecule has 6 heteroatoms. The maximum absolute atomic E-state index is 12.4. The highest BCUT2D eigenvalue weighted by molar-refractivity contribution is 5.90. The molecule has 128 valence electrons. The fraction of sp³-hybridized carbons (Fsp3) is 0.556. The minimum atomic E-state index is -0.343. The second-order valence-electron chi connectivity index (χ2n) is 6.88. The summed E-state index contributed by atoms with van der Waals surface area (Å²) in [5.41, 5.74) is 0.953. The minimum Gasteiger partial charge on any atom is -0.492 e. The van der Waals surface area contributed by atoms with E-state index in [1.807, 2.05) is 12.1 Å². The lowest BCUT2D eigenvalue weighted by molar-refractivity contribution is 0.416. The van der Waals surface area contributed by atoms with Crippen molar-refractivity contribution in [2.75, 3.05) is 25.1 Å². The number of methoxy groups -OCH3 is 1. The third-order valence-electron chi connectivity index (χ3n) is 5.36. The fourth-order valence-electron chi connectivity index (χ4n) is 3.83. The van der Waals surface area contributed by atoms with E-state index in [2.05, 4.69) is 16.8 Å². The van der Waals surface area contributed by atoms with Crippen molar-refractivity contribution >= 4 is 16.6 Å². The van der Waals surface area contributed by atoms with Gasteiger partial charge in [-0.1, -0.05) is 13.3 Å². The van der Waals surface area contributed by atoms with Crippen LogP contribution in [0.3, 0.4) is 0 Å². The van der Waals surface area contributed by atoms with Gasteiger partial charge in [-0.2, -0.15) is 0 Å². The van der Waals surface area contributed by atoms with E-state index in [0.29, 0.717) is 22.6 Å². The van der Waals surface area contributed by atoms with E-state index in [0.717, 1.165) is 31.6 Å². The van der Waals surface area contributed by atoms with Crippen LogP contribution in [0.1, 0.15) is 38.6 Å². The van der Waals surface area contributed by atoms with Crippen LogP contribution in [-0.4, -0.2) is 29.8 Å². The molecule has 2 aliphatic rings. The van der Waals surface area contributed by atoms with E-state index < -0.39 is 0 Å². The third kappa shape index (κ3) is 2.32. The molecule has 6 nitrogen and oxygen atoms in total. The SMILES string of the molecule is CCC1CCN(c2ccc3c(=O)[nH]c(=O)n(C4CC4)c3c2OC)C1. The molecule has 1 saturated heterocycles. The fourth-order valence-corrected chi connectivity index (χ4v) is 3.83. The van der Waals surface area contributed by atoms with Gasteiger partial charge in [0.15, 0.2) is 5.75 Å². The number of aromatic nitrogens is 2. The molecule has 2 heterocycles. The first-order chi connectivity index (χ1) is 11.6. The van der Waals surface area contributed by atoms with Crippen molar-refractivity contribution in [3.05, 3.63) is 33.0 Å². The van der Waals surface area contributed by atoms with E-state index in [1.165, 1.54) is 12.8 Å². The molecule has 0 spiro atoms.